The van der Waals surface area contributed by atoms with E-state index in [0.717, 1.165) is 5.56 Å². The van der Waals surface area contributed by atoms with Gasteiger partial charge < -0.3 is 15.6 Å². The molecule has 4 rings (SSSR count). The SMILES string of the molecule is CC(=O)Nc1noc2cc(-c3nn(C(C)C)c4ncnc(N)c34)ccc12. The summed E-state index contributed by atoms with van der Waals surface area (Å²) in [4.78, 5) is 19.7. The molecule has 3 heterocycles. The summed E-state index contributed by atoms with van der Waals surface area (Å²) in [6.45, 7) is 5.46. The summed E-state index contributed by atoms with van der Waals surface area (Å²) in [5, 5.41) is 12.6. The molecule has 1 aromatic carbocycles. The number of amides is 1. The topological polar surface area (TPSA) is 125 Å². The first kappa shape index (κ1) is 16.0. The lowest BCUT2D eigenvalue weighted by Gasteiger charge is -2.05. The third-order valence-electron chi connectivity index (χ3n) is 4.05. The van der Waals surface area contributed by atoms with E-state index >= 15 is 0 Å². The molecule has 0 fully saturated rings. The molecular formula is C17H17N7O2. The van der Waals surface area contributed by atoms with Gasteiger partial charge >= 0.3 is 0 Å². The molecule has 0 spiro atoms. The number of benzene rings is 1. The van der Waals surface area contributed by atoms with Crippen molar-refractivity contribution in [2.24, 2.45) is 0 Å². The number of hydrogen-bond acceptors (Lipinski definition) is 7. The lowest BCUT2D eigenvalue weighted by atomic mass is 10.1. The highest BCUT2D eigenvalue weighted by Gasteiger charge is 2.19. The van der Waals surface area contributed by atoms with Gasteiger partial charge in [0.25, 0.3) is 0 Å². The van der Waals surface area contributed by atoms with Crippen LogP contribution in [0, 0.1) is 0 Å². The largest absolute Gasteiger partial charge is 0.383 e. The van der Waals surface area contributed by atoms with Gasteiger partial charge in [-0.05, 0) is 26.0 Å². The molecule has 26 heavy (non-hydrogen) atoms. The molecule has 132 valence electrons. The molecule has 0 aliphatic heterocycles. The van der Waals surface area contributed by atoms with Crippen molar-refractivity contribution >= 4 is 39.5 Å². The second-order valence-electron chi connectivity index (χ2n) is 6.27. The van der Waals surface area contributed by atoms with Gasteiger partial charge in [-0.15, -0.1) is 0 Å². The number of carbonyl (C=O) groups is 1. The van der Waals surface area contributed by atoms with Crippen LogP contribution < -0.4 is 11.1 Å². The van der Waals surface area contributed by atoms with E-state index < -0.39 is 0 Å². The number of nitrogens with one attached hydrogen (secondary N) is 1. The predicted octanol–water partition coefficient (Wildman–Crippen LogP) is 2.76. The molecule has 0 bridgehead atoms. The molecule has 0 atom stereocenters. The van der Waals surface area contributed by atoms with E-state index in [9.17, 15) is 4.79 Å². The normalized spacial score (nSPS) is 11.5. The van der Waals surface area contributed by atoms with Crippen LogP contribution in [-0.2, 0) is 4.79 Å². The van der Waals surface area contributed by atoms with Crippen LogP contribution in [0.5, 0.6) is 0 Å². The summed E-state index contributed by atoms with van der Waals surface area (Å²) in [6, 6.07) is 5.63. The summed E-state index contributed by atoms with van der Waals surface area (Å²) in [7, 11) is 0. The number of carbonyl (C=O) groups excluding carboxylic acids is 1. The number of aromatic nitrogens is 5. The van der Waals surface area contributed by atoms with E-state index in [1.165, 1.54) is 13.3 Å². The van der Waals surface area contributed by atoms with Gasteiger partial charge in [-0.1, -0.05) is 11.2 Å². The van der Waals surface area contributed by atoms with Gasteiger partial charge in [0, 0.05) is 18.5 Å². The van der Waals surface area contributed by atoms with Crippen molar-refractivity contribution in [3.05, 3.63) is 24.5 Å². The Morgan fingerprint density at radius 1 is 1.31 bits per heavy atom. The average molecular weight is 351 g/mol. The standard InChI is InChI=1S/C17H17N7O2/c1-8(2)24-17-13(15(18)19-7-20-17)14(22-24)10-4-5-11-12(6-10)26-23-16(11)21-9(3)25/h4-8H,1-3H3,(H2,18,19,20)(H,21,23,25). The summed E-state index contributed by atoms with van der Waals surface area (Å²) in [6.07, 6.45) is 1.43. The molecule has 9 nitrogen and oxygen atoms in total. The molecule has 0 aliphatic rings. The van der Waals surface area contributed by atoms with E-state index in [1.54, 1.807) is 0 Å². The number of rotatable bonds is 3. The smallest absolute Gasteiger partial charge is 0.222 e. The van der Waals surface area contributed by atoms with Crippen LogP contribution in [0.3, 0.4) is 0 Å². The molecule has 0 radical (unpaired) electrons. The molecule has 0 aliphatic carbocycles. The molecule has 9 heteroatoms. The molecule has 0 unspecified atom stereocenters. The van der Waals surface area contributed by atoms with Crippen molar-refractivity contribution in [2.75, 3.05) is 11.1 Å². The number of nitrogen functional groups attached to an aromatic ring is 1. The van der Waals surface area contributed by atoms with Crippen LogP contribution in [0.25, 0.3) is 33.3 Å². The van der Waals surface area contributed by atoms with Gasteiger partial charge in [0.2, 0.25) is 5.91 Å². The Bertz CT molecular complexity index is 1140. The lowest BCUT2D eigenvalue weighted by Crippen LogP contribution is -2.05. The zero-order valence-corrected chi connectivity index (χ0v) is 14.5. The summed E-state index contributed by atoms with van der Waals surface area (Å²) >= 11 is 0. The molecule has 4 aromatic rings. The Balaban J connectivity index is 1.91. The Kier molecular flexibility index (Phi) is 3.57. The van der Waals surface area contributed by atoms with Crippen LogP contribution in [0.2, 0.25) is 0 Å². The molecule has 3 aromatic heterocycles. The maximum Gasteiger partial charge on any atom is 0.222 e. The fraction of sp³-hybridized carbons (Fsp3) is 0.235. The van der Waals surface area contributed by atoms with Crippen LogP contribution in [0.15, 0.2) is 29.0 Å². The highest BCUT2D eigenvalue weighted by molar-refractivity contribution is 6.02. The minimum Gasteiger partial charge on any atom is -0.383 e. The number of fused-ring (bicyclic) bond motifs is 2. The Morgan fingerprint density at radius 3 is 2.85 bits per heavy atom. The number of hydrogen-bond donors (Lipinski definition) is 2. The maximum absolute atomic E-state index is 11.3. The van der Waals surface area contributed by atoms with E-state index in [1.807, 2.05) is 36.7 Å². The molecular weight excluding hydrogens is 334 g/mol. The first-order valence-electron chi connectivity index (χ1n) is 8.11. The highest BCUT2D eigenvalue weighted by Crippen LogP contribution is 2.34. The van der Waals surface area contributed by atoms with Crippen LogP contribution in [0.4, 0.5) is 11.6 Å². The van der Waals surface area contributed by atoms with Gasteiger partial charge in [-0.25, -0.2) is 14.6 Å². The van der Waals surface area contributed by atoms with Gasteiger partial charge in [0.1, 0.15) is 17.8 Å². The zero-order chi connectivity index (χ0) is 18.4. The van der Waals surface area contributed by atoms with Crippen LogP contribution in [-0.4, -0.2) is 30.8 Å². The Labute approximate surface area is 148 Å². The fourth-order valence-corrected chi connectivity index (χ4v) is 2.90. The summed E-state index contributed by atoms with van der Waals surface area (Å²) in [5.74, 6) is 0.545. The van der Waals surface area contributed by atoms with Gasteiger partial charge in [-0.3, -0.25) is 4.79 Å². The summed E-state index contributed by atoms with van der Waals surface area (Å²) < 4.78 is 7.16. The third kappa shape index (κ3) is 2.44. The van der Waals surface area contributed by atoms with Crippen molar-refractivity contribution in [3.63, 3.8) is 0 Å². The quantitative estimate of drug-likeness (QED) is 0.581. The number of nitrogens with two attached hydrogens (primary N) is 1. The molecule has 3 N–H and O–H groups in total. The van der Waals surface area contributed by atoms with Gasteiger partial charge in [-0.2, -0.15) is 5.10 Å². The van der Waals surface area contributed by atoms with E-state index in [2.05, 4.69) is 25.5 Å². The Hall–Kier alpha value is -3.49. The Morgan fingerprint density at radius 2 is 2.12 bits per heavy atom. The second kappa shape index (κ2) is 5.80. The number of nitrogens with zero attached hydrogens (tertiary/aromatic N) is 5. The van der Waals surface area contributed by atoms with Crippen molar-refractivity contribution in [1.82, 2.24) is 24.9 Å². The van der Waals surface area contributed by atoms with Crippen molar-refractivity contribution in [3.8, 4) is 11.3 Å². The predicted molar refractivity (Wildman–Crippen MR) is 97.4 cm³/mol. The summed E-state index contributed by atoms with van der Waals surface area (Å²) in [5.41, 5.74) is 8.78. The van der Waals surface area contributed by atoms with Crippen molar-refractivity contribution in [1.29, 1.82) is 0 Å². The van der Waals surface area contributed by atoms with Crippen molar-refractivity contribution < 1.29 is 9.32 Å². The van der Waals surface area contributed by atoms with E-state index in [-0.39, 0.29) is 11.9 Å². The van der Waals surface area contributed by atoms with Crippen LogP contribution in [0.1, 0.15) is 26.8 Å². The van der Waals surface area contributed by atoms with Gasteiger partial charge in [0.05, 0.1) is 10.8 Å². The van der Waals surface area contributed by atoms with Crippen molar-refractivity contribution in [2.45, 2.75) is 26.8 Å². The highest BCUT2D eigenvalue weighted by atomic mass is 16.5. The third-order valence-corrected chi connectivity index (χ3v) is 4.05. The minimum atomic E-state index is -0.212. The average Bonchev–Trinajstić information content (AvgIpc) is 3.16. The van der Waals surface area contributed by atoms with Crippen LogP contribution >= 0.6 is 0 Å². The first-order chi connectivity index (χ1) is 12.5. The van der Waals surface area contributed by atoms with E-state index in [4.69, 9.17) is 10.3 Å². The number of anilines is 2. The fourth-order valence-electron chi connectivity index (χ4n) is 2.90. The second-order valence-corrected chi connectivity index (χ2v) is 6.27. The molecule has 0 saturated carbocycles. The monoisotopic (exact) mass is 351 g/mol. The van der Waals surface area contributed by atoms with E-state index in [0.29, 0.717) is 39.3 Å². The zero-order valence-electron chi connectivity index (χ0n) is 14.5. The minimum absolute atomic E-state index is 0.112. The molecule has 1 amide bonds. The molecule has 0 saturated heterocycles. The maximum atomic E-state index is 11.3. The first-order valence-corrected chi connectivity index (χ1v) is 8.11. The lowest BCUT2D eigenvalue weighted by molar-refractivity contribution is -0.114. The van der Waals surface area contributed by atoms with Gasteiger partial charge in [0.15, 0.2) is 17.0 Å².